The molecule has 11 nitrogen and oxygen atoms in total. The highest BCUT2D eigenvalue weighted by Crippen LogP contribution is 2.30. The number of anilines is 4. The summed E-state index contributed by atoms with van der Waals surface area (Å²) in [7, 11) is 0. The van der Waals surface area contributed by atoms with Crippen molar-refractivity contribution in [2.75, 3.05) is 42.4 Å². The van der Waals surface area contributed by atoms with Gasteiger partial charge in [-0.15, -0.1) is 0 Å². The highest BCUT2D eigenvalue weighted by Gasteiger charge is 2.22. The van der Waals surface area contributed by atoms with Gasteiger partial charge in [0.25, 0.3) is 0 Å². The molecule has 4 N–H and O–H groups in total. The van der Waals surface area contributed by atoms with E-state index in [1.807, 2.05) is 36.0 Å². The van der Waals surface area contributed by atoms with Crippen LogP contribution in [0.2, 0.25) is 5.02 Å². The molecule has 2 saturated heterocycles. The predicted octanol–water partition coefficient (Wildman–Crippen LogP) is 4.81. The van der Waals surface area contributed by atoms with Gasteiger partial charge in [0, 0.05) is 50.8 Å². The number of nitrogens with zero attached hydrogens (tertiary/aromatic N) is 5. The molecule has 0 atom stereocenters. The molecule has 2 fully saturated rings. The van der Waals surface area contributed by atoms with Gasteiger partial charge in [0.15, 0.2) is 11.5 Å². The lowest BCUT2D eigenvalue weighted by Gasteiger charge is -2.25. The number of rotatable bonds is 8. The number of nitrogens with one attached hydrogen (secondary N) is 4. The van der Waals surface area contributed by atoms with Crippen LogP contribution in [0.25, 0.3) is 11.0 Å². The standard InChI is InChI=1S/C26H32ClN9O2/c1-16-12-23(35-34-16)31-24-20-15-29-36(19-6-10-38-11-7-19)25(20)33-26(32-24)28-14-17-2-3-21(27)22(13-17)30-18-4-8-37-9-5-18/h2-3,12-13,15,18-19,30H,4-11,14H2,1H3,(H3,28,31,32,33,34,35). The maximum absolute atomic E-state index is 6.50. The Morgan fingerprint density at radius 3 is 2.61 bits per heavy atom. The smallest absolute Gasteiger partial charge is 0.227 e. The first-order valence-electron chi connectivity index (χ1n) is 13.1. The van der Waals surface area contributed by atoms with E-state index in [1.165, 1.54) is 0 Å². The molecule has 6 rings (SSSR count). The van der Waals surface area contributed by atoms with Crippen molar-refractivity contribution in [2.45, 2.75) is 51.2 Å². The number of aryl methyl sites for hydroxylation is 1. The fraction of sp³-hybridized carbons (Fsp3) is 0.462. The van der Waals surface area contributed by atoms with Crippen molar-refractivity contribution in [2.24, 2.45) is 0 Å². The fourth-order valence-electron chi connectivity index (χ4n) is 4.94. The van der Waals surface area contributed by atoms with Gasteiger partial charge in [-0.1, -0.05) is 17.7 Å². The molecule has 2 aliphatic rings. The Morgan fingerprint density at radius 1 is 1.05 bits per heavy atom. The van der Waals surface area contributed by atoms with Crippen molar-refractivity contribution in [3.05, 3.63) is 46.7 Å². The molecule has 4 aromatic rings. The third-order valence-corrected chi connectivity index (χ3v) is 7.33. The van der Waals surface area contributed by atoms with Crippen LogP contribution in [0.3, 0.4) is 0 Å². The molecule has 0 bridgehead atoms. The topological polar surface area (TPSA) is 127 Å². The van der Waals surface area contributed by atoms with Crippen LogP contribution in [-0.4, -0.2) is 62.4 Å². The monoisotopic (exact) mass is 537 g/mol. The second-order valence-corrected chi connectivity index (χ2v) is 10.2. The number of halogens is 1. The highest BCUT2D eigenvalue weighted by molar-refractivity contribution is 6.33. The third-order valence-electron chi connectivity index (χ3n) is 7.01. The van der Waals surface area contributed by atoms with Crippen LogP contribution in [0, 0.1) is 6.92 Å². The number of hydrogen-bond donors (Lipinski definition) is 4. The summed E-state index contributed by atoms with van der Waals surface area (Å²) in [5, 5.41) is 23.8. The van der Waals surface area contributed by atoms with Crippen molar-refractivity contribution in [1.29, 1.82) is 0 Å². The molecule has 2 aliphatic heterocycles. The number of benzene rings is 1. The van der Waals surface area contributed by atoms with Crippen LogP contribution in [0.5, 0.6) is 0 Å². The molecule has 1 aromatic carbocycles. The summed E-state index contributed by atoms with van der Waals surface area (Å²) in [5.41, 5.74) is 3.75. The largest absolute Gasteiger partial charge is 0.381 e. The predicted molar refractivity (Wildman–Crippen MR) is 147 cm³/mol. The minimum atomic E-state index is 0.236. The van der Waals surface area contributed by atoms with Crippen molar-refractivity contribution in [3.8, 4) is 0 Å². The number of hydrogen-bond acceptors (Lipinski definition) is 9. The van der Waals surface area contributed by atoms with Gasteiger partial charge in [-0.25, -0.2) is 4.68 Å². The minimum absolute atomic E-state index is 0.236. The lowest BCUT2D eigenvalue weighted by atomic mass is 10.1. The third kappa shape index (κ3) is 5.54. The second kappa shape index (κ2) is 11.1. The Hall–Kier alpha value is -3.41. The molecular formula is C26H32ClN9O2. The van der Waals surface area contributed by atoms with E-state index in [1.54, 1.807) is 0 Å². The van der Waals surface area contributed by atoms with E-state index in [0.717, 1.165) is 80.1 Å². The van der Waals surface area contributed by atoms with Gasteiger partial charge in [0.1, 0.15) is 5.82 Å². The van der Waals surface area contributed by atoms with Crippen molar-refractivity contribution in [1.82, 2.24) is 29.9 Å². The molecule has 0 unspecified atom stereocenters. The van der Waals surface area contributed by atoms with Gasteiger partial charge in [-0.3, -0.25) is 5.10 Å². The van der Waals surface area contributed by atoms with Crippen molar-refractivity contribution < 1.29 is 9.47 Å². The second-order valence-electron chi connectivity index (χ2n) is 9.83. The lowest BCUT2D eigenvalue weighted by molar-refractivity contribution is 0.0673. The molecule has 0 saturated carbocycles. The van der Waals surface area contributed by atoms with Crippen LogP contribution < -0.4 is 16.0 Å². The maximum atomic E-state index is 6.50. The molecule has 5 heterocycles. The summed E-state index contributed by atoms with van der Waals surface area (Å²) in [6, 6.07) is 8.56. The van der Waals surface area contributed by atoms with Crippen LogP contribution >= 0.6 is 11.6 Å². The maximum Gasteiger partial charge on any atom is 0.227 e. The Bertz CT molecular complexity index is 1390. The molecule has 0 spiro atoms. The summed E-state index contributed by atoms with van der Waals surface area (Å²) >= 11 is 6.50. The van der Waals surface area contributed by atoms with E-state index in [0.29, 0.717) is 35.2 Å². The van der Waals surface area contributed by atoms with E-state index in [2.05, 4.69) is 32.2 Å². The van der Waals surface area contributed by atoms with Crippen LogP contribution in [0.15, 0.2) is 30.5 Å². The van der Waals surface area contributed by atoms with Crippen LogP contribution in [-0.2, 0) is 16.0 Å². The molecule has 12 heteroatoms. The summed E-state index contributed by atoms with van der Waals surface area (Å²) in [6.45, 7) is 5.49. The zero-order valence-electron chi connectivity index (χ0n) is 21.3. The van der Waals surface area contributed by atoms with Gasteiger partial charge in [-0.2, -0.15) is 20.2 Å². The molecule has 0 aliphatic carbocycles. The summed E-state index contributed by atoms with van der Waals surface area (Å²) in [5.74, 6) is 1.85. The average molecular weight is 538 g/mol. The van der Waals surface area contributed by atoms with Gasteiger partial charge < -0.3 is 25.4 Å². The summed E-state index contributed by atoms with van der Waals surface area (Å²) < 4.78 is 13.0. The minimum Gasteiger partial charge on any atom is -0.381 e. The molecule has 200 valence electrons. The van der Waals surface area contributed by atoms with E-state index in [9.17, 15) is 0 Å². The van der Waals surface area contributed by atoms with Crippen molar-refractivity contribution >= 4 is 45.9 Å². The zero-order valence-corrected chi connectivity index (χ0v) is 22.1. The zero-order chi connectivity index (χ0) is 25.9. The van der Waals surface area contributed by atoms with Gasteiger partial charge in [0.2, 0.25) is 5.95 Å². The molecule has 3 aromatic heterocycles. The first-order valence-corrected chi connectivity index (χ1v) is 13.5. The summed E-state index contributed by atoms with van der Waals surface area (Å²) in [6.07, 6.45) is 5.57. The Morgan fingerprint density at radius 2 is 1.84 bits per heavy atom. The van der Waals surface area contributed by atoms with Crippen LogP contribution in [0.1, 0.15) is 43.0 Å². The fourth-order valence-corrected chi connectivity index (χ4v) is 5.11. The number of ether oxygens (including phenoxy) is 2. The SMILES string of the molecule is Cc1cc(Nc2nc(NCc3ccc(Cl)c(NC4CCOCC4)c3)nc3c2cnn3C2CCOCC2)n[nH]1. The number of aromatic nitrogens is 6. The van der Waals surface area contributed by atoms with Gasteiger partial charge in [-0.05, 0) is 50.3 Å². The molecule has 0 amide bonds. The summed E-state index contributed by atoms with van der Waals surface area (Å²) in [4.78, 5) is 9.67. The van der Waals surface area contributed by atoms with E-state index < -0.39 is 0 Å². The normalized spacial score (nSPS) is 17.1. The Labute approximate surface area is 225 Å². The lowest BCUT2D eigenvalue weighted by Crippen LogP contribution is -2.28. The number of H-pyrrole nitrogens is 1. The Balaban J connectivity index is 1.26. The molecular weight excluding hydrogens is 506 g/mol. The van der Waals surface area contributed by atoms with Gasteiger partial charge >= 0.3 is 0 Å². The number of aromatic amines is 1. The molecule has 0 radical (unpaired) electrons. The first kappa shape index (κ1) is 24.9. The van der Waals surface area contributed by atoms with E-state index in [4.69, 9.17) is 36.1 Å². The van der Waals surface area contributed by atoms with E-state index >= 15 is 0 Å². The first-order chi connectivity index (χ1) is 18.6. The average Bonchev–Trinajstić information content (AvgIpc) is 3.56. The molecule has 38 heavy (non-hydrogen) atoms. The highest BCUT2D eigenvalue weighted by atomic mass is 35.5. The number of fused-ring (bicyclic) bond motifs is 1. The van der Waals surface area contributed by atoms with E-state index in [-0.39, 0.29) is 6.04 Å². The Kier molecular flexibility index (Phi) is 7.30. The van der Waals surface area contributed by atoms with Crippen molar-refractivity contribution in [3.63, 3.8) is 0 Å². The van der Waals surface area contributed by atoms with Crippen LogP contribution in [0.4, 0.5) is 23.3 Å². The quantitative estimate of drug-likeness (QED) is 0.250. The van der Waals surface area contributed by atoms with Gasteiger partial charge in [0.05, 0.1) is 28.3 Å².